The number of hydrogen-bond donors (Lipinski definition) is 0. The van der Waals surface area contributed by atoms with Gasteiger partial charge in [-0.25, -0.2) is 4.79 Å². The summed E-state index contributed by atoms with van der Waals surface area (Å²) in [6, 6.07) is 24.8. The average molecular weight is 455 g/mol. The molecule has 0 N–H and O–H groups in total. The van der Waals surface area contributed by atoms with Crippen LogP contribution in [-0.2, 0) is 4.74 Å². The Balaban J connectivity index is 1.69. The van der Waals surface area contributed by atoms with Crippen molar-refractivity contribution in [3.63, 3.8) is 0 Å². The number of amides is 1. The van der Waals surface area contributed by atoms with Crippen molar-refractivity contribution in [3.8, 4) is 6.07 Å². The van der Waals surface area contributed by atoms with Gasteiger partial charge >= 0.3 is 6.09 Å². The maximum Gasteiger partial charge on any atom is 0.411 e. The van der Waals surface area contributed by atoms with E-state index < -0.39 is 5.60 Å². The molecule has 3 atom stereocenters. The standard InChI is InChI=1S/C30H34N2O2/c1-21(27-17-9-12-23-11-5-6-16-28(23)27)32(29(33)34-30(2,3)4)26-15-8-14-25(19-26)24-13-7-10-22(18-24)20-31/h5-7,9-13,16-18,21,25-26H,8,14-15,19H2,1-4H3/t21-,25-,26-/m1/s1. The first kappa shape index (κ1) is 23.8. The summed E-state index contributed by atoms with van der Waals surface area (Å²) in [5.41, 5.74) is 2.44. The molecule has 0 aliphatic heterocycles. The second kappa shape index (κ2) is 9.89. The van der Waals surface area contributed by atoms with Crippen molar-refractivity contribution in [2.24, 2.45) is 0 Å². The molecule has 4 nitrogen and oxygen atoms in total. The Morgan fingerprint density at radius 2 is 1.79 bits per heavy atom. The van der Waals surface area contributed by atoms with E-state index >= 15 is 0 Å². The highest BCUT2D eigenvalue weighted by molar-refractivity contribution is 5.86. The second-order valence-corrected chi connectivity index (χ2v) is 10.4. The summed E-state index contributed by atoms with van der Waals surface area (Å²) in [4.78, 5) is 15.6. The SMILES string of the molecule is C[C@H](c1cccc2ccccc12)N(C(=O)OC(C)(C)C)[C@@H]1CCC[C@@H](c2cccc(C#N)c2)C1. The minimum atomic E-state index is -0.566. The fourth-order valence-electron chi connectivity index (χ4n) is 5.28. The van der Waals surface area contributed by atoms with E-state index in [1.54, 1.807) is 0 Å². The van der Waals surface area contributed by atoms with Crippen molar-refractivity contribution in [1.82, 2.24) is 4.90 Å². The molecule has 1 amide bonds. The van der Waals surface area contributed by atoms with E-state index in [9.17, 15) is 10.1 Å². The number of carbonyl (C=O) groups excluding carboxylic acids is 1. The molecule has 0 bridgehead atoms. The van der Waals surface area contributed by atoms with Crippen LogP contribution in [0.15, 0.2) is 66.7 Å². The summed E-state index contributed by atoms with van der Waals surface area (Å²) in [5.74, 6) is 0.316. The average Bonchev–Trinajstić information content (AvgIpc) is 2.83. The summed E-state index contributed by atoms with van der Waals surface area (Å²) in [5, 5.41) is 11.7. The molecule has 3 aromatic carbocycles. The van der Waals surface area contributed by atoms with Gasteiger partial charge in [-0.15, -0.1) is 0 Å². The van der Waals surface area contributed by atoms with E-state index in [2.05, 4.69) is 55.5 Å². The highest BCUT2D eigenvalue weighted by Crippen LogP contribution is 2.39. The topological polar surface area (TPSA) is 53.3 Å². The molecule has 4 heteroatoms. The first-order chi connectivity index (χ1) is 16.3. The van der Waals surface area contributed by atoms with Gasteiger partial charge in [0.2, 0.25) is 0 Å². The van der Waals surface area contributed by atoms with E-state index in [1.807, 2.05) is 49.9 Å². The zero-order valence-electron chi connectivity index (χ0n) is 20.6. The van der Waals surface area contributed by atoms with Gasteiger partial charge < -0.3 is 4.74 Å². The Hall–Kier alpha value is -3.32. The van der Waals surface area contributed by atoms with Gasteiger partial charge in [0.25, 0.3) is 0 Å². The monoisotopic (exact) mass is 454 g/mol. The number of rotatable bonds is 4. The molecule has 0 spiro atoms. The molecule has 176 valence electrons. The van der Waals surface area contributed by atoms with Gasteiger partial charge in [-0.05, 0) is 86.9 Å². The van der Waals surface area contributed by atoms with E-state index in [1.165, 1.54) is 16.3 Å². The smallest absolute Gasteiger partial charge is 0.411 e. The van der Waals surface area contributed by atoms with Gasteiger partial charge in [0.05, 0.1) is 17.7 Å². The third-order valence-corrected chi connectivity index (χ3v) is 6.82. The molecule has 3 aromatic rings. The number of carbonyl (C=O) groups is 1. The lowest BCUT2D eigenvalue weighted by Crippen LogP contribution is -2.46. The predicted molar refractivity (Wildman–Crippen MR) is 137 cm³/mol. The highest BCUT2D eigenvalue weighted by atomic mass is 16.6. The van der Waals surface area contributed by atoms with Crippen molar-refractivity contribution in [1.29, 1.82) is 5.26 Å². The van der Waals surface area contributed by atoms with Gasteiger partial charge in [0.1, 0.15) is 5.60 Å². The Labute approximate surface area is 203 Å². The molecule has 0 unspecified atom stereocenters. The number of nitriles is 1. The molecular formula is C30H34N2O2. The lowest BCUT2D eigenvalue weighted by molar-refractivity contribution is 0.000756. The van der Waals surface area contributed by atoms with Crippen molar-refractivity contribution in [3.05, 3.63) is 83.4 Å². The van der Waals surface area contributed by atoms with Gasteiger partial charge in [0.15, 0.2) is 0 Å². The maximum absolute atomic E-state index is 13.6. The van der Waals surface area contributed by atoms with E-state index in [0.29, 0.717) is 11.5 Å². The molecular weight excluding hydrogens is 420 g/mol. The molecule has 0 aromatic heterocycles. The molecule has 4 rings (SSSR count). The van der Waals surface area contributed by atoms with Crippen LogP contribution < -0.4 is 0 Å². The van der Waals surface area contributed by atoms with Crippen LogP contribution in [0, 0.1) is 11.3 Å². The number of benzene rings is 3. The van der Waals surface area contributed by atoms with Crippen LogP contribution in [-0.4, -0.2) is 22.6 Å². The quantitative estimate of drug-likeness (QED) is 0.405. The summed E-state index contributed by atoms with van der Waals surface area (Å²) in [7, 11) is 0. The molecule has 1 aliphatic carbocycles. The minimum absolute atomic E-state index is 0.0633. The molecule has 34 heavy (non-hydrogen) atoms. The number of nitrogens with zero attached hydrogens (tertiary/aromatic N) is 2. The van der Waals surface area contributed by atoms with Gasteiger partial charge in [0, 0.05) is 6.04 Å². The van der Waals surface area contributed by atoms with Gasteiger partial charge in [-0.3, -0.25) is 4.90 Å². The molecule has 1 aliphatic rings. The molecule has 0 saturated heterocycles. The van der Waals surface area contributed by atoms with Crippen LogP contribution in [0.4, 0.5) is 4.79 Å². The fraction of sp³-hybridized carbons (Fsp3) is 0.400. The van der Waals surface area contributed by atoms with Crippen LogP contribution >= 0.6 is 0 Å². The van der Waals surface area contributed by atoms with E-state index in [0.717, 1.165) is 31.2 Å². The number of hydrogen-bond acceptors (Lipinski definition) is 3. The van der Waals surface area contributed by atoms with Crippen molar-refractivity contribution in [2.75, 3.05) is 0 Å². The Morgan fingerprint density at radius 3 is 2.56 bits per heavy atom. The predicted octanol–water partition coefficient (Wildman–Crippen LogP) is 7.74. The summed E-state index contributed by atoms with van der Waals surface area (Å²) < 4.78 is 5.93. The fourth-order valence-corrected chi connectivity index (χ4v) is 5.28. The first-order valence-electron chi connectivity index (χ1n) is 12.3. The van der Waals surface area contributed by atoms with Crippen molar-refractivity contribution < 1.29 is 9.53 Å². The van der Waals surface area contributed by atoms with Crippen molar-refractivity contribution >= 4 is 16.9 Å². The largest absolute Gasteiger partial charge is 0.444 e. The lowest BCUT2D eigenvalue weighted by atomic mass is 9.80. The van der Waals surface area contributed by atoms with E-state index in [4.69, 9.17) is 4.74 Å². The van der Waals surface area contributed by atoms with Crippen LogP contribution in [0.1, 0.15) is 82.0 Å². The van der Waals surface area contributed by atoms with Gasteiger partial charge in [-0.1, -0.05) is 61.0 Å². The Morgan fingerprint density at radius 1 is 1.06 bits per heavy atom. The molecule has 0 radical (unpaired) electrons. The summed E-state index contributed by atoms with van der Waals surface area (Å²) in [6.45, 7) is 7.87. The van der Waals surface area contributed by atoms with Crippen molar-refractivity contribution in [2.45, 2.75) is 77.0 Å². The first-order valence-corrected chi connectivity index (χ1v) is 12.3. The number of ether oxygens (including phenoxy) is 1. The summed E-state index contributed by atoms with van der Waals surface area (Å²) >= 11 is 0. The summed E-state index contributed by atoms with van der Waals surface area (Å²) in [6.07, 6.45) is 3.65. The normalized spacial score (nSPS) is 19.3. The third kappa shape index (κ3) is 5.25. The Bertz CT molecular complexity index is 1200. The van der Waals surface area contributed by atoms with Crippen LogP contribution in [0.2, 0.25) is 0 Å². The van der Waals surface area contributed by atoms with E-state index in [-0.39, 0.29) is 18.2 Å². The molecule has 0 heterocycles. The van der Waals surface area contributed by atoms with Crippen LogP contribution in [0.25, 0.3) is 10.8 Å². The molecule has 1 fully saturated rings. The zero-order valence-corrected chi connectivity index (χ0v) is 20.6. The maximum atomic E-state index is 13.6. The van der Waals surface area contributed by atoms with Crippen LogP contribution in [0.3, 0.4) is 0 Å². The Kier molecular flexibility index (Phi) is 6.93. The molecule has 1 saturated carbocycles. The minimum Gasteiger partial charge on any atom is -0.444 e. The lowest BCUT2D eigenvalue weighted by Gasteiger charge is -2.42. The van der Waals surface area contributed by atoms with Gasteiger partial charge in [-0.2, -0.15) is 5.26 Å². The third-order valence-electron chi connectivity index (χ3n) is 6.82. The number of fused-ring (bicyclic) bond motifs is 1. The second-order valence-electron chi connectivity index (χ2n) is 10.4. The highest BCUT2D eigenvalue weighted by Gasteiger charge is 2.36. The van der Waals surface area contributed by atoms with Crippen LogP contribution in [0.5, 0.6) is 0 Å². The zero-order chi connectivity index (χ0) is 24.3.